The van der Waals surface area contributed by atoms with E-state index >= 15 is 0 Å². The van der Waals surface area contributed by atoms with Gasteiger partial charge in [-0.15, -0.1) is 5.10 Å². The molecule has 8 heteroatoms. The van der Waals surface area contributed by atoms with Gasteiger partial charge in [-0.05, 0) is 31.6 Å². The van der Waals surface area contributed by atoms with Gasteiger partial charge in [0.1, 0.15) is 0 Å². The summed E-state index contributed by atoms with van der Waals surface area (Å²) in [6.45, 7) is 1.08. The van der Waals surface area contributed by atoms with Crippen molar-refractivity contribution in [2.75, 3.05) is 24.7 Å². The monoisotopic (exact) mass is 312 g/mol. The third-order valence-electron chi connectivity index (χ3n) is 4.25. The highest BCUT2D eigenvalue weighted by molar-refractivity contribution is 7.99. The Balaban J connectivity index is 1.87. The summed E-state index contributed by atoms with van der Waals surface area (Å²) >= 11 is 1.92. The number of carboxylic acids is 1. The Bertz CT molecular complexity index is 527. The second-order valence-electron chi connectivity index (χ2n) is 5.65. The number of rotatable bonds is 4. The average molecular weight is 312 g/mol. The van der Waals surface area contributed by atoms with Crippen LogP contribution in [0.3, 0.4) is 0 Å². The zero-order valence-corrected chi connectivity index (χ0v) is 12.6. The minimum Gasteiger partial charge on any atom is -0.476 e. The normalized spacial score (nSPS) is 29.1. The molecule has 0 aliphatic carbocycles. The minimum atomic E-state index is -1.04. The maximum absolute atomic E-state index is 11.3. The molecule has 2 saturated heterocycles. The van der Waals surface area contributed by atoms with E-state index < -0.39 is 5.97 Å². The first-order chi connectivity index (χ1) is 10.2. The topological polar surface area (TPSA) is 103 Å². The summed E-state index contributed by atoms with van der Waals surface area (Å²) in [7, 11) is 0. The quantitative estimate of drug-likeness (QED) is 0.843. The summed E-state index contributed by atoms with van der Waals surface area (Å²) in [5.41, 5.74) is 6.21. The van der Waals surface area contributed by atoms with Gasteiger partial charge in [-0.3, -0.25) is 0 Å². The molecule has 3 N–H and O–H groups in total. The van der Waals surface area contributed by atoms with Gasteiger partial charge in [0.05, 0.1) is 17.3 Å². The van der Waals surface area contributed by atoms with E-state index in [1.807, 2.05) is 11.8 Å². The van der Waals surface area contributed by atoms with Crippen molar-refractivity contribution in [2.24, 2.45) is 5.73 Å². The molecule has 0 aromatic carbocycles. The molecule has 1 spiro atoms. The molecule has 7 nitrogen and oxygen atoms in total. The van der Waals surface area contributed by atoms with Gasteiger partial charge in [-0.1, -0.05) is 5.21 Å². The maximum atomic E-state index is 11.3. The lowest BCUT2D eigenvalue weighted by molar-refractivity contribution is -0.0783. The number of aromatic carboxylic acids is 1. The summed E-state index contributed by atoms with van der Waals surface area (Å²) < 4.78 is 7.79. The summed E-state index contributed by atoms with van der Waals surface area (Å²) in [6, 6.07) is 0.152. The average Bonchev–Trinajstić information content (AvgIpc) is 3.07. The third kappa shape index (κ3) is 2.79. The van der Waals surface area contributed by atoms with Crippen LogP contribution in [0.5, 0.6) is 0 Å². The molecule has 2 aliphatic rings. The Morgan fingerprint density at radius 1 is 1.62 bits per heavy atom. The molecule has 0 bridgehead atoms. The lowest BCUT2D eigenvalue weighted by Crippen LogP contribution is -2.41. The SMILES string of the molecule is NCCc1c(C(=O)O)nnn1C1CCOC2(CCSC2)C1. The molecule has 1 aromatic rings. The van der Waals surface area contributed by atoms with E-state index in [1.165, 1.54) is 0 Å². The van der Waals surface area contributed by atoms with E-state index in [0.717, 1.165) is 30.8 Å². The number of hydrogen-bond donors (Lipinski definition) is 2. The van der Waals surface area contributed by atoms with Crippen molar-refractivity contribution < 1.29 is 14.6 Å². The molecule has 2 unspecified atom stereocenters. The first-order valence-corrected chi connectivity index (χ1v) is 8.40. The van der Waals surface area contributed by atoms with E-state index in [1.54, 1.807) is 4.68 Å². The van der Waals surface area contributed by atoms with Crippen LogP contribution < -0.4 is 5.73 Å². The highest BCUT2D eigenvalue weighted by Gasteiger charge is 2.42. The zero-order chi connectivity index (χ0) is 14.9. The molecule has 2 aliphatic heterocycles. The minimum absolute atomic E-state index is 0.0294. The Labute approximate surface area is 127 Å². The van der Waals surface area contributed by atoms with Crippen LogP contribution in [0.15, 0.2) is 0 Å². The van der Waals surface area contributed by atoms with Gasteiger partial charge in [0.25, 0.3) is 0 Å². The molecule has 1 aromatic heterocycles. The van der Waals surface area contributed by atoms with Crippen LogP contribution in [0.2, 0.25) is 0 Å². The van der Waals surface area contributed by atoms with Crippen molar-refractivity contribution >= 4 is 17.7 Å². The maximum Gasteiger partial charge on any atom is 0.358 e. The highest BCUT2D eigenvalue weighted by atomic mass is 32.2. The fraction of sp³-hybridized carbons (Fsp3) is 0.769. The predicted octanol–water partition coefficient (Wildman–Crippen LogP) is 0.705. The molecule has 3 rings (SSSR count). The van der Waals surface area contributed by atoms with Crippen LogP contribution in [0.25, 0.3) is 0 Å². The Morgan fingerprint density at radius 2 is 2.48 bits per heavy atom. The van der Waals surface area contributed by atoms with Crippen molar-refractivity contribution in [3.05, 3.63) is 11.4 Å². The van der Waals surface area contributed by atoms with Gasteiger partial charge in [0, 0.05) is 18.8 Å². The molecule has 21 heavy (non-hydrogen) atoms. The summed E-state index contributed by atoms with van der Waals surface area (Å²) in [6.07, 6.45) is 3.25. The van der Waals surface area contributed by atoms with Crippen LogP contribution in [0.4, 0.5) is 0 Å². The molecular weight excluding hydrogens is 292 g/mol. The summed E-state index contributed by atoms with van der Waals surface area (Å²) in [5, 5.41) is 17.2. The molecular formula is C13H20N4O3S. The van der Waals surface area contributed by atoms with Crippen LogP contribution in [0.1, 0.15) is 41.5 Å². The standard InChI is InChI=1S/C13H20N4O3S/c14-4-1-10-11(12(18)19)15-16-17(10)9-2-5-20-13(7-9)3-6-21-8-13/h9H,1-8,14H2,(H,18,19). The highest BCUT2D eigenvalue weighted by Crippen LogP contribution is 2.42. The van der Waals surface area contributed by atoms with Gasteiger partial charge in [-0.25, -0.2) is 9.48 Å². The van der Waals surface area contributed by atoms with Crippen LogP contribution >= 0.6 is 11.8 Å². The number of aromatic nitrogens is 3. The Morgan fingerprint density at radius 3 is 3.14 bits per heavy atom. The van der Waals surface area contributed by atoms with Crippen molar-refractivity contribution in [1.82, 2.24) is 15.0 Å². The van der Waals surface area contributed by atoms with Crippen LogP contribution in [-0.4, -0.2) is 56.3 Å². The fourth-order valence-electron chi connectivity index (χ4n) is 3.22. The van der Waals surface area contributed by atoms with E-state index in [0.29, 0.717) is 25.3 Å². The molecule has 116 valence electrons. The number of carbonyl (C=O) groups is 1. The molecule has 0 saturated carbocycles. The first-order valence-electron chi connectivity index (χ1n) is 7.24. The van der Waals surface area contributed by atoms with Gasteiger partial charge >= 0.3 is 5.97 Å². The van der Waals surface area contributed by atoms with Crippen molar-refractivity contribution in [3.8, 4) is 0 Å². The lowest BCUT2D eigenvalue weighted by atomic mass is 9.89. The largest absolute Gasteiger partial charge is 0.476 e. The number of ether oxygens (including phenoxy) is 1. The van der Waals surface area contributed by atoms with E-state index in [2.05, 4.69) is 10.3 Å². The van der Waals surface area contributed by atoms with Gasteiger partial charge < -0.3 is 15.6 Å². The third-order valence-corrected chi connectivity index (χ3v) is 5.48. The Hall–Kier alpha value is -1.12. The predicted molar refractivity (Wildman–Crippen MR) is 78.6 cm³/mol. The van der Waals surface area contributed by atoms with Crippen LogP contribution in [-0.2, 0) is 11.2 Å². The molecule has 0 radical (unpaired) electrons. The van der Waals surface area contributed by atoms with Gasteiger partial charge in [0.2, 0.25) is 0 Å². The van der Waals surface area contributed by atoms with Crippen molar-refractivity contribution in [2.45, 2.75) is 37.3 Å². The van der Waals surface area contributed by atoms with Gasteiger partial charge in [0.15, 0.2) is 5.69 Å². The number of nitrogens with two attached hydrogens (primary N) is 1. The number of nitrogens with zero attached hydrogens (tertiary/aromatic N) is 3. The first kappa shape index (κ1) is 14.8. The number of hydrogen-bond acceptors (Lipinski definition) is 6. The number of carboxylic acid groups (broad SMARTS) is 1. The molecule has 0 amide bonds. The van der Waals surface area contributed by atoms with Gasteiger partial charge in [-0.2, -0.15) is 11.8 Å². The fourth-order valence-corrected chi connectivity index (χ4v) is 4.59. The molecule has 3 heterocycles. The second kappa shape index (κ2) is 5.94. The van der Waals surface area contributed by atoms with E-state index in [9.17, 15) is 9.90 Å². The lowest BCUT2D eigenvalue weighted by Gasteiger charge is -2.38. The van der Waals surface area contributed by atoms with E-state index in [4.69, 9.17) is 10.5 Å². The van der Waals surface area contributed by atoms with E-state index in [-0.39, 0.29) is 17.3 Å². The molecule has 2 fully saturated rings. The second-order valence-corrected chi connectivity index (χ2v) is 6.76. The Kier molecular flexibility index (Phi) is 4.19. The summed E-state index contributed by atoms with van der Waals surface area (Å²) in [4.78, 5) is 11.3. The summed E-state index contributed by atoms with van der Waals surface area (Å²) in [5.74, 6) is 1.10. The van der Waals surface area contributed by atoms with Crippen molar-refractivity contribution in [1.29, 1.82) is 0 Å². The van der Waals surface area contributed by atoms with Crippen LogP contribution in [0, 0.1) is 0 Å². The smallest absolute Gasteiger partial charge is 0.358 e. The zero-order valence-electron chi connectivity index (χ0n) is 11.8. The molecule has 2 atom stereocenters. The number of thioether (sulfide) groups is 1. The van der Waals surface area contributed by atoms with Crippen molar-refractivity contribution in [3.63, 3.8) is 0 Å².